The fourth-order valence-corrected chi connectivity index (χ4v) is 2.55. The molecule has 1 atom stereocenters. The molecule has 1 N–H and O–H groups in total. The number of amides is 1. The smallest absolute Gasteiger partial charge is 0.230 e. The van der Waals surface area contributed by atoms with E-state index in [1.54, 1.807) is 0 Å². The van der Waals surface area contributed by atoms with Crippen LogP contribution < -0.4 is 5.32 Å². The Labute approximate surface area is 121 Å². The van der Waals surface area contributed by atoms with Crippen molar-refractivity contribution in [2.75, 3.05) is 26.2 Å². The molecule has 0 bridgehead atoms. The van der Waals surface area contributed by atoms with Gasteiger partial charge in [-0.25, -0.2) is 0 Å². The van der Waals surface area contributed by atoms with Crippen molar-refractivity contribution in [1.29, 1.82) is 0 Å². The van der Waals surface area contributed by atoms with Crippen LogP contribution in [-0.4, -0.2) is 37.0 Å². The number of piperazine rings is 1. The molecule has 0 radical (unpaired) electrons. The summed E-state index contributed by atoms with van der Waals surface area (Å²) < 4.78 is 0. The lowest BCUT2D eigenvalue weighted by atomic mass is 9.87. The molecule has 0 spiro atoms. The number of nitrogens with one attached hydrogen (secondary N) is 1. The fraction of sp³-hybridized carbons (Fsp3) is 0.533. The molecule has 0 aromatic heterocycles. The van der Waals surface area contributed by atoms with E-state index < -0.39 is 0 Å². The number of halogens is 1. The highest BCUT2D eigenvalue weighted by atomic mass is 35.5. The highest BCUT2D eigenvalue weighted by Gasteiger charge is 2.28. The minimum Gasteiger partial charge on any atom is -0.340 e. The normalized spacial score (nSPS) is 16.9. The van der Waals surface area contributed by atoms with E-state index in [9.17, 15) is 4.79 Å². The third-order valence-electron chi connectivity index (χ3n) is 3.52. The van der Waals surface area contributed by atoms with E-state index in [1.165, 1.54) is 0 Å². The standard InChI is InChI=1S/C15H22N2O.ClH/c1-12(2)14(13-6-4-3-5-7-13)15(18)17-10-8-16-9-11-17;/h3-7,12,14,16H,8-11H2,1-2H3;1H. The number of rotatable bonds is 3. The van der Waals surface area contributed by atoms with E-state index in [0.29, 0.717) is 5.92 Å². The van der Waals surface area contributed by atoms with Gasteiger partial charge in [0, 0.05) is 26.2 Å². The number of carbonyl (C=O) groups excluding carboxylic acids is 1. The summed E-state index contributed by atoms with van der Waals surface area (Å²) in [6, 6.07) is 10.1. The van der Waals surface area contributed by atoms with Gasteiger partial charge in [0.25, 0.3) is 0 Å². The maximum absolute atomic E-state index is 12.6. The second-order valence-electron chi connectivity index (χ2n) is 5.21. The largest absolute Gasteiger partial charge is 0.340 e. The molecule has 0 aliphatic carbocycles. The first-order valence-corrected chi connectivity index (χ1v) is 6.74. The van der Waals surface area contributed by atoms with Gasteiger partial charge in [0.1, 0.15) is 0 Å². The molecule has 106 valence electrons. The van der Waals surface area contributed by atoms with Crippen LogP contribution in [0.3, 0.4) is 0 Å². The summed E-state index contributed by atoms with van der Waals surface area (Å²) in [6.07, 6.45) is 0. The molecule has 0 saturated carbocycles. The molecule has 3 nitrogen and oxygen atoms in total. The lowest BCUT2D eigenvalue weighted by Crippen LogP contribution is -2.48. The zero-order chi connectivity index (χ0) is 13.0. The van der Waals surface area contributed by atoms with Gasteiger partial charge in [-0.3, -0.25) is 4.79 Å². The molecule has 1 heterocycles. The molecule has 1 aliphatic rings. The molecule has 1 unspecified atom stereocenters. The number of hydrogen-bond donors (Lipinski definition) is 1. The van der Waals surface area contributed by atoms with E-state index in [-0.39, 0.29) is 24.2 Å². The van der Waals surface area contributed by atoms with Gasteiger partial charge in [0.2, 0.25) is 5.91 Å². The Morgan fingerprint density at radius 3 is 2.26 bits per heavy atom. The van der Waals surface area contributed by atoms with Crippen molar-refractivity contribution in [3.05, 3.63) is 35.9 Å². The van der Waals surface area contributed by atoms with Crippen molar-refractivity contribution in [2.24, 2.45) is 5.92 Å². The Morgan fingerprint density at radius 1 is 1.16 bits per heavy atom. The van der Waals surface area contributed by atoms with Crippen molar-refractivity contribution >= 4 is 18.3 Å². The number of carbonyl (C=O) groups is 1. The van der Waals surface area contributed by atoms with E-state index in [0.717, 1.165) is 31.7 Å². The molecule has 2 rings (SSSR count). The molecule has 4 heteroatoms. The van der Waals surface area contributed by atoms with Crippen molar-refractivity contribution < 1.29 is 4.79 Å². The van der Waals surface area contributed by atoms with E-state index >= 15 is 0 Å². The number of benzene rings is 1. The average Bonchev–Trinajstić information content (AvgIpc) is 2.40. The molecule has 1 saturated heterocycles. The van der Waals surface area contributed by atoms with Crippen LogP contribution in [0, 0.1) is 5.92 Å². The first-order valence-electron chi connectivity index (χ1n) is 6.74. The van der Waals surface area contributed by atoms with Crippen LogP contribution in [0.1, 0.15) is 25.3 Å². The lowest BCUT2D eigenvalue weighted by Gasteiger charge is -2.32. The minimum atomic E-state index is -0.00991. The molecular formula is C15H23ClN2O. The summed E-state index contributed by atoms with van der Waals surface area (Å²) in [4.78, 5) is 14.6. The maximum atomic E-state index is 12.6. The zero-order valence-corrected chi connectivity index (χ0v) is 12.5. The van der Waals surface area contributed by atoms with E-state index in [4.69, 9.17) is 0 Å². The Balaban J connectivity index is 0.00000180. The van der Waals surface area contributed by atoms with Gasteiger partial charge in [-0.1, -0.05) is 44.2 Å². The van der Waals surface area contributed by atoms with Gasteiger partial charge in [0.05, 0.1) is 5.92 Å². The van der Waals surface area contributed by atoms with Crippen molar-refractivity contribution in [3.8, 4) is 0 Å². The van der Waals surface area contributed by atoms with Gasteiger partial charge in [-0.05, 0) is 11.5 Å². The Morgan fingerprint density at radius 2 is 1.74 bits per heavy atom. The first kappa shape index (κ1) is 16.0. The van der Waals surface area contributed by atoms with Crippen LogP contribution in [0.4, 0.5) is 0 Å². The zero-order valence-electron chi connectivity index (χ0n) is 11.6. The van der Waals surface area contributed by atoms with Gasteiger partial charge < -0.3 is 10.2 Å². The van der Waals surface area contributed by atoms with Crippen LogP contribution in [0.2, 0.25) is 0 Å². The van der Waals surface area contributed by atoms with Crippen molar-refractivity contribution in [3.63, 3.8) is 0 Å². The summed E-state index contributed by atoms with van der Waals surface area (Å²) in [5, 5.41) is 3.28. The average molecular weight is 283 g/mol. The van der Waals surface area contributed by atoms with Crippen LogP contribution >= 0.6 is 12.4 Å². The molecule has 1 amide bonds. The second-order valence-corrected chi connectivity index (χ2v) is 5.21. The van der Waals surface area contributed by atoms with Crippen LogP contribution in [0.15, 0.2) is 30.3 Å². The summed E-state index contributed by atoms with van der Waals surface area (Å²) >= 11 is 0. The van der Waals surface area contributed by atoms with Gasteiger partial charge in [-0.2, -0.15) is 0 Å². The number of hydrogen-bond acceptors (Lipinski definition) is 2. The molecule has 1 aromatic rings. The predicted molar refractivity (Wildman–Crippen MR) is 80.7 cm³/mol. The highest BCUT2D eigenvalue weighted by Crippen LogP contribution is 2.26. The number of nitrogens with zero attached hydrogens (tertiary/aromatic N) is 1. The monoisotopic (exact) mass is 282 g/mol. The van der Waals surface area contributed by atoms with Gasteiger partial charge >= 0.3 is 0 Å². The topological polar surface area (TPSA) is 32.3 Å². The fourth-order valence-electron chi connectivity index (χ4n) is 2.55. The Hall–Kier alpha value is -1.06. The Kier molecular flexibility index (Phi) is 6.32. The lowest BCUT2D eigenvalue weighted by molar-refractivity contribution is -0.134. The highest BCUT2D eigenvalue weighted by molar-refractivity contribution is 5.85. The van der Waals surface area contributed by atoms with Crippen LogP contribution in [0.25, 0.3) is 0 Å². The quantitative estimate of drug-likeness (QED) is 0.922. The molecule has 1 aliphatic heterocycles. The SMILES string of the molecule is CC(C)C(C(=O)N1CCNCC1)c1ccccc1.Cl. The molecular weight excluding hydrogens is 260 g/mol. The van der Waals surface area contributed by atoms with Gasteiger partial charge in [0.15, 0.2) is 0 Å². The summed E-state index contributed by atoms with van der Waals surface area (Å²) in [5.41, 5.74) is 1.14. The minimum absolute atomic E-state index is 0. The maximum Gasteiger partial charge on any atom is 0.230 e. The summed E-state index contributed by atoms with van der Waals surface area (Å²) in [6.45, 7) is 7.72. The van der Waals surface area contributed by atoms with Crippen LogP contribution in [-0.2, 0) is 4.79 Å². The summed E-state index contributed by atoms with van der Waals surface area (Å²) in [5.74, 6) is 0.594. The van der Waals surface area contributed by atoms with Crippen LogP contribution in [0.5, 0.6) is 0 Å². The molecule has 1 aromatic carbocycles. The Bertz CT molecular complexity index is 388. The second kappa shape index (κ2) is 7.51. The van der Waals surface area contributed by atoms with Crippen molar-refractivity contribution in [2.45, 2.75) is 19.8 Å². The third kappa shape index (κ3) is 3.95. The van der Waals surface area contributed by atoms with Gasteiger partial charge in [-0.15, -0.1) is 12.4 Å². The van der Waals surface area contributed by atoms with E-state index in [2.05, 4.69) is 31.3 Å². The van der Waals surface area contributed by atoms with Crippen molar-refractivity contribution in [1.82, 2.24) is 10.2 Å². The molecule has 1 fully saturated rings. The molecule has 19 heavy (non-hydrogen) atoms. The first-order chi connectivity index (χ1) is 8.70. The summed E-state index contributed by atoms with van der Waals surface area (Å²) in [7, 11) is 0. The third-order valence-corrected chi connectivity index (χ3v) is 3.52. The predicted octanol–water partition coefficient (Wildman–Crippen LogP) is 2.28. The van der Waals surface area contributed by atoms with E-state index in [1.807, 2.05) is 23.1 Å².